The van der Waals surface area contributed by atoms with E-state index in [0.29, 0.717) is 12.2 Å². The second-order valence-corrected chi connectivity index (χ2v) is 6.19. The van der Waals surface area contributed by atoms with Crippen molar-refractivity contribution in [3.8, 4) is 0 Å². The van der Waals surface area contributed by atoms with Gasteiger partial charge in [0, 0.05) is 25.4 Å². The molecule has 0 bridgehead atoms. The summed E-state index contributed by atoms with van der Waals surface area (Å²) in [5.74, 6) is 0.0478. The zero-order chi connectivity index (χ0) is 17.2. The summed E-state index contributed by atoms with van der Waals surface area (Å²) >= 11 is 0. The molecule has 0 aliphatic carbocycles. The second kappa shape index (κ2) is 6.50. The van der Waals surface area contributed by atoms with E-state index in [9.17, 15) is 9.59 Å². The van der Waals surface area contributed by atoms with Gasteiger partial charge in [-0.25, -0.2) is 9.48 Å². The van der Waals surface area contributed by atoms with Crippen LogP contribution in [0.4, 0.5) is 0 Å². The van der Waals surface area contributed by atoms with Crippen molar-refractivity contribution in [3.63, 3.8) is 0 Å². The molecule has 3 aromatic rings. The minimum absolute atomic E-state index is 0.0478. The van der Waals surface area contributed by atoms with Gasteiger partial charge in [0.2, 0.25) is 5.91 Å². The summed E-state index contributed by atoms with van der Waals surface area (Å²) in [5, 5.41) is 12.0. The third-order valence-electron chi connectivity index (χ3n) is 4.59. The van der Waals surface area contributed by atoms with Crippen LogP contribution in [0.15, 0.2) is 41.6 Å². The number of amides is 1. The van der Waals surface area contributed by atoms with Crippen molar-refractivity contribution < 1.29 is 4.79 Å². The smallest absolute Gasteiger partial charge is 0.338 e. The second-order valence-electron chi connectivity index (χ2n) is 6.19. The third-order valence-corrected chi connectivity index (χ3v) is 4.59. The van der Waals surface area contributed by atoms with Crippen LogP contribution in [-0.2, 0) is 17.9 Å². The molecule has 1 saturated heterocycles. The molecule has 3 aromatic heterocycles. The third kappa shape index (κ3) is 3.04. The summed E-state index contributed by atoms with van der Waals surface area (Å²) in [4.78, 5) is 26.8. The lowest BCUT2D eigenvalue weighted by Crippen LogP contribution is -2.39. The van der Waals surface area contributed by atoms with E-state index in [1.165, 1.54) is 9.08 Å². The Bertz CT molecular complexity index is 928. The molecule has 0 radical (unpaired) electrons. The lowest BCUT2D eigenvalue weighted by Gasteiger charge is -2.24. The Labute approximate surface area is 143 Å². The van der Waals surface area contributed by atoms with E-state index in [1.807, 2.05) is 11.0 Å². The van der Waals surface area contributed by atoms with Crippen LogP contribution in [0.5, 0.6) is 0 Å². The number of aromatic nitrogens is 6. The Balaban J connectivity index is 1.42. The standard InChI is InChI=1S/C16H19N7O2/c24-15(21-9-3-4-13(21)12-20-11-7-17-19-20)6-10-23-16(25)22-8-2-1-5-14(22)18-23/h1-2,5,7-8,11,13H,3-4,6,9-10,12H2/t13-/m0/s1. The number of rotatable bonds is 5. The molecule has 0 saturated carbocycles. The van der Waals surface area contributed by atoms with Gasteiger partial charge in [0.15, 0.2) is 5.65 Å². The predicted molar refractivity (Wildman–Crippen MR) is 88.8 cm³/mol. The molecule has 1 aliphatic heterocycles. The van der Waals surface area contributed by atoms with Crippen LogP contribution in [0.2, 0.25) is 0 Å². The number of carbonyl (C=O) groups is 1. The highest BCUT2D eigenvalue weighted by atomic mass is 16.2. The van der Waals surface area contributed by atoms with Crippen molar-refractivity contribution in [1.82, 2.24) is 34.1 Å². The highest BCUT2D eigenvalue weighted by molar-refractivity contribution is 5.76. The fraction of sp³-hybridized carbons (Fsp3) is 0.438. The minimum atomic E-state index is -0.219. The van der Waals surface area contributed by atoms with Gasteiger partial charge in [-0.2, -0.15) is 0 Å². The number of carbonyl (C=O) groups excluding carboxylic acids is 1. The van der Waals surface area contributed by atoms with E-state index in [2.05, 4.69) is 15.4 Å². The summed E-state index contributed by atoms with van der Waals surface area (Å²) in [7, 11) is 0. The van der Waals surface area contributed by atoms with Crippen molar-refractivity contribution in [2.24, 2.45) is 0 Å². The zero-order valence-corrected chi connectivity index (χ0v) is 13.7. The maximum atomic E-state index is 12.6. The highest BCUT2D eigenvalue weighted by Gasteiger charge is 2.29. The average molecular weight is 341 g/mol. The molecule has 0 unspecified atom stereocenters. The fourth-order valence-corrected chi connectivity index (χ4v) is 3.36. The van der Waals surface area contributed by atoms with Crippen molar-refractivity contribution in [2.75, 3.05) is 6.54 Å². The molecule has 1 fully saturated rings. The van der Waals surface area contributed by atoms with Crippen LogP contribution in [0.25, 0.3) is 5.65 Å². The first-order valence-electron chi connectivity index (χ1n) is 8.40. The molecule has 9 heteroatoms. The maximum Gasteiger partial charge on any atom is 0.350 e. The normalized spacial score (nSPS) is 17.4. The van der Waals surface area contributed by atoms with Crippen molar-refractivity contribution in [2.45, 2.75) is 38.4 Å². The van der Waals surface area contributed by atoms with Gasteiger partial charge in [0.05, 0.1) is 25.3 Å². The van der Waals surface area contributed by atoms with E-state index < -0.39 is 0 Å². The van der Waals surface area contributed by atoms with Gasteiger partial charge >= 0.3 is 5.69 Å². The first-order valence-corrected chi connectivity index (χ1v) is 8.40. The number of hydrogen-bond donors (Lipinski definition) is 0. The number of fused-ring (bicyclic) bond motifs is 1. The SMILES string of the molecule is O=C(CCn1nc2ccccn2c1=O)N1CCC[C@H]1Cn1ccnn1. The number of hydrogen-bond acceptors (Lipinski definition) is 5. The Kier molecular flexibility index (Phi) is 4.04. The average Bonchev–Trinajstić information content (AvgIpc) is 3.35. The summed E-state index contributed by atoms with van der Waals surface area (Å²) in [6.45, 7) is 1.68. The molecule has 4 rings (SSSR count). The molecule has 9 nitrogen and oxygen atoms in total. The van der Waals surface area contributed by atoms with Crippen LogP contribution in [0.1, 0.15) is 19.3 Å². The van der Waals surface area contributed by atoms with Crippen LogP contribution < -0.4 is 5.69 Å². The van der Waals surface area contributed by atoms with E-state index in [1.54, 1.807) is 35.4 Å². The van der Waals surface area contributed by atoms with Gasteiger partial charge in [-0.05, 0) is 25.0 Å². The summed E-state index contributed by atoms with van der Waals surface area (Å²) in [5.41, 5.74) is 0.370. The number of nitrogens with zero attached hydrogens (tertiary/aromatic N) is 7. The molecular formula is C16H19N7O2. The lowest BCUT2D eigenvalue weighted by molar-refractivity contribution is -0.132. The molecule has 130 valence electrons. The Morgan fingerprint density at radius 1 is 1.28 bits per heavy atom. The topological polar surface area (TPSA) is 90.3 Å². The minimum Gasteiger partial charge on any atom is -0.338 e. The summed E-state index contributed by atoms with van der Waals surface area (Å²) in [6.07, 6.45) is 7.32. The molecule has 1 amide bonds. The van der Waals surface area contributed by atoms with Gasteiger partial charge in [-0.1, -0.05) is 11.3 Å². The van der Waals surface area contributed by atoms with Crippen LogP contribution in [-0.4, -0.2) is 52.6 Å². The van der Waals surface area contributed by atoms with Gasteiger partial charge in [-0.15, -0.1) is 10.2 Å². The Hall–Kier alpha value is -2.97. The predicted octanol–water partition coefficient (Wildman–Crippen LogP) is 0.169. The first kappa shape index (κ1) is 15.6. The molecule has 0 aromatic carbocycles. The summed E-state index contributed by atoms with van der Waals surface area (Å²) in [6, 6.07) is 5.52. The molecule has 0 spiro atoms. The van der Waals surface area contributed by atoms with Gasteiger partial charge in [-0.3, -0.25) is 13.9 Å². The zero-order valence-electron chi connectivity index (χ0n) is 13.7. The van der Waals surface area contributed by atoms with Crippen molar-refractivity contribution in [1.29, 1.82) is 0 Å². The van der Waals surface area contributed by atoms with E-state index in [0.717, 1.165) is 19.4 Å². The van der Waals surface area contributed by atoms with Crippen LogP contribution >= 0.6 is 0 Å². The molecule has 4 heterocycles. The molecule has 1 aliphatic rings. The van der Waals surface area contributed by atoms with E-state index in [4.69, 9.17) is 0 Å². The van der Waals surface area contributed by atoms with Gasteiger partial charge in [0.1, 0.15) is 0 Å². The maximum absolute atomic E-state index is 12.6. The Morgan fingerprint density at radius 3 is 3.00 bits per heavy atom. The molecule has 1 atom stereocenters. The molecular weight excluding hydrogens is 322 g/mol. The van der Waals surface area contributed by atoms with Crippen LogP contribution in [0, 0.1) is 0 Å². The number of aryl methyl sites for hydroxylation is 1. The highest BCUT2D eigenvalue weighted by Crippen LogP contribution is 2.19. The van der Waals surface area contributed by atoms with Gasteiger partial charge in [0.25, 0.3) is 0 Å². The largest absolute Gasteiger partial charge is 0.350 e. The van der Waals surface area contributed by atoms with Gasteiger partial charge < -0.3 is 4.90 Å². The molecule has 25 heavy (non-hydrogen) atoms. The quantitative estimate of drug-likeness (QED) is 0.660. The number of likely N-dealkylation sites (tertiary alicyclic amines) is 1. The first-order chi connectivity index (χ1) is 12.2. The van der Waals surface area contributed by atoms with Crippen molar-refractivity contribution >= 4 is 11.6 Å². The fourth-order valence-electron chi connectivity index (χ4n) is 3.36. The summed E-state index contributed by atoms with van der Waals surface area (Å²) < 4.78 is 4.59. The van der Waals surface area contributed by atoms with E-state index >= 15 is 0 Å². The monoisotopic (exact) mass is 341 g/mol. The lowest BCUT2D eigenvalue weighted by atomic mass is 10.2. The molecule has 0 N–H and O–H groups in total. The van der Waals surface area contributed by atoms with Crippen molar-refractivity contribution in [3.05, 3.63) is 47.3 Å². The Morgan fingerprint density at radius 2 is 2.20 bits per heavy atom. The van der Waals surface area contributed by atoms with E-state index in [-0.39, 0.29) is 30.6 Å². The van der Waals surface area contributed by atoms with Crippen LogP contribution in [0.3, 0.4) is 0 Å². The number of pyridine rings is 1.